The standard InChI is InChI=1S/C52H86O7/c1-9-33-41-27-31(53)19-23-51(41,7)39-21-25-50(6)36(14-16-37(50)45(39)47(33)57)30(4)12-18-44(56)59-32-20-24-52(8)40-22-26-49(5)35(29(3)11-17-43(54)55)13-15-38(49)46(40)48(58)34(10-2)42(52)28-32/h29-42,45-48,53,57-58H,9-28H2,1-8H3,(H,54,55)/t29-,30-,31?,32?,33-,34-,35-,36-,37+,38+,39+,40+,41?,42?,45+,46+,47?,48-,49-,50-,51-,52-/m1/s1. The lowest BCUT2D eigenvalue weighted by Crippen LogP contribution is -2.62. The number of aliphatic hydroxyl groups is 3. The summed E-state index contributed by atoms with van der Waals surface area (Å²) in [5, 5.41) is 44.6. The van der Waals surface area contributed by atoms with E-state index in [1.807, 2.05) is 0 Å². The molecule has 0 amide bonds. The quantitative estimate of drug-likeness (QED) is 0.153. The first kappa shape index (κ1) is 44.4. The van der Waals surface area contributed by atoms with Crippen LogP contribution in [0.4, 0.5) is 0 Å². The molecule has 8 aliphatic carbocycles. The van der Waals surface area contributed by atoms with E-state index in [1.54, 1.807) is 0 Å². The van der Waals surface area contributed by atoms with E-state index in [4.69, 9.17) is 4.74 Å². The maximum Gasteiger partial charge on any atom is 0.306 e. The van der Waals surface area contributed by atoms with Crippen LogP contribution in [0.5, 0.6) is 0 Å². The van der Waals surface area contributed by atoms with Gasteiger partial charge in [0.25, 0.3) is 0 Å². The summed E-state index contributed by atoms with van der Waals surface area (Å²) in [6, 6.07) is 0. The van der Waals surface area contributed by atoms with Gasteiger partial charge in [0.15, 0.2) is 0 Å². The Morgan fingerprint density at radius 1 is 0.576 bits per heavy atom. The molecule has 0 aromatic heterocycles. The largest absolute Gasteiger partial charge is 0.481 e. The molecule has 0 radical (unpaired) electrons. The Kier molecular flexibility index (Phi) is 12.4. The number of aliphatic carboxylic acids is 1. The number of hydrogen-bond acceptors (Lipinski definition) is 6. The van der Waals surface area contributed by atoms with E-state index in [1.165, 1.54) is 32.1 Å². The van der Waals surface area contributed by atoms with Crippen molar-refractivity contribution in [3.63, 3.8) is 0 Å². The van der Waals surface area contributed by atoms with Gasteiger partial charge in [-0.3, -0.25) is 9.59 Å². The fourth-order valence-corrected chi connectivity index (χ4v) is 19.3. The molecule has 8 fully saturated rings. The highest BCUT2D eigenvalue weighted by atomic mass is 16.5. The van der Waals surface area contributed by atoms with Crippen LogP contribution in [0.15, 0.2) is 0 Å². The highest BCUT2D eigenvalue weighted by Gasteiger charge is 2.67. The van der Waals surface area contributed by atoms with Crippen molar-refractivity contribution in [3.8, 4) is 0 Å². The molecule has 8 rings (SSSR count). The molecule has 7 nitrogen and oxygen atoms in total. The molecular formula is C52H86O7. The zero-order valence-electron chi connectivity index (χ0n) is 38.5. The maximum absolute atomic E-state index is 13.7. The third-order valence-electron chi connectivity index (χ3n) is 22.2. The summed E-state index contributed by atoms with van der Waals surface area (Å²) in [5.74, 6) is 5.15. The number of ether oxygens (including phenoxy) is 1. The zero-order valence-corrected chi connectivity index (χ0v) is 38.5. The highest BCUT2D eigenvalue weighted by molar-refractivity contribution is 5.69. The molecule has 7 heteroatoms. The Balaban J connectivity index is 0.881. The fraction of sp³-hybridized carbons (Fsp3) is 0.962. The summed E-state index contributed by atoms with van der Waals surface area (Å²) in [7, 11) is 0. The zero-order chi connectivity index (χ0) is 42.4. The molecule has 5 unspecified atom stereocenters. The number of carboxylic acid groups (broad SMARTS) is 1. The number of fused-ring (bicyclic) bond motifs is 10. The predicted octanol–water partition coefficient (Wildman–Crippen LogP) is 10.7. The van der Waals surface area contributed by atoms with E-state index >= 15 is 0 Å². The van der Waals surface area contributed by atoms with Crippen molar-refractivity contribution >= 4 is 11.9 Å². The van der Waals surface area contributed by atoms with E-state index in [-0.39, 0.29) is 70.3 Å². The van der Waals surface area contributed by atoms with Gasteiger partial charge >= 0.3 is 11.9 Å². The number of hydrogen-bond donors (Lipinski definition) is 4. The summed E-state index contributed by atoms with van der Waals surface area (Å²) in [6.07, 6.45) is 18.5. The van der Waals surface area contributed by atoms with Gasteiger partial charge in [-0.2, -0.15) is 0 Å². The third kappa shape index (κ3) is 7.12. The number of esters is 1. The molecule has 336 valence electrons. The van der Waals surface area contributed by atoms with Crippen molar-refractivity contribution in [1.29, 1.82) is 0 Å². The minimum absolute atomic E-state index is 0.0365. The molecule has 8 saturated carbocycles. The van der Waals surface area contributed by atoms with Gasteiger partial charge in [0.1, 0.15) is 6.10 Å². The molecule has 0 bridgehead atoms. The summed E-state index contributed by atoms with van der Waals surface area (Å²) < 4.78 is 6.42. The Morgan fingerprint density at radius 3 is 1.51 bits per heavy atom. The first-order valence-corrected chi connectivity index (χ1v) is 25.4. The van der Waals surface area contributed by atoms with Crippen LogP contribution in [0.25, 0.3) is 0 Å². The van der Waals surface area contributed by atoms with Gasteiger partial charge in [-0.15, -0.1) is 0 Å². The molecule has 0 aromatic rings. The van der Waals surface area contributed by atoms with Gasteiger partial charge in [-0.05, 0) is 207 Å². The third-order valence-corrected chi connectivity index (χ3v) is 22.2. The van der Waals surface area contributed by atoms with E-state index in [2.05, 4.69) is 55.4 Å². The second-order valence-corrected chi connectivity index (χ2v) is 24.1. The van der Waals surface area contributed by atoms with Crippen LogP contribution in [0, 0.1) is 105 Å². The molecule has 0 spiro atoms. The number of rotatable bonds is 11. The van der Waals surface area contributed by atoms with Gasteiger partial charge in [-0.1, -0.05) is 68.2 Å². The van der Waals surface area contributed by atoms with Crippen LogP contribution in [-0.4, -0.2) is 56.8 Å². The van der Waals surface area contributed by atoms with Crippen molar-refractivity contribution < 1.29 is 34.8 Å². The minimum Gasteiger partial charge on any atom is -0.481 e. The molecular weight excluding hydrogens is 737 g/mol. The number of aliphatic hydroxyl groups excluding tert-OH is 3. The molecule has 8 aliphatic rings. The van der Waals surface area contributed by atoms with E-state index in [0.29, 0.717) is 77.4 Å². The minimum atomic E-state index is -0.695. The molecule has 0 aliphatic heterocycles. The predicted molar refractivity (Wildman–Crippen MR) is 232 cm³/mol. The summed E-state index contributed by atoms with van der Waals surface area (Å²) >= 11 is 0. The Labute approximate surface area is 358 Å². The van der Waals surface area contributed by atoms with E-state index in [9.17, 15) is 30.0 Å². The van der Waals surface area contributed by atoms with Crippen LogP contribution in [-0.2, 0) is 14.3 Å². The van der Waals surface area contributed by atoms with Gasteiger partial charge < -0.3 is 25.2 Å². The lowest BCUT2D eigenvalue weighted by atomic mass is 9.41. The number of carbonyl (C=O) groups is 2. The van der Waals surface area contributed by atoms with Crippen molar-refractivity contribution in [2.24, 2.45) is 105 Å². The molecule has 0 heterocycles. The highest BCUT2D eigenvalue weighted by Crippen LogP contribution is 2.71. The summed E-state index contributed by atoms with van der Waals surface area (Å²) in [4.78, 5) is 25.2. The van der Waals surface area contributed by atoms with Crippen LogP contribution < -0.4 is 0 Å². The van der Waals surface area contributed by atoms with Gasteiger partial charge in [0.05, 0.1) is 18.3 Å². The lowest BCUT2D eigenvalue weighted by molar-refractivity contribution is -0.207. The van der Waals surface area contributed by atoms with Gasteiger partial charge in [0.2, 0.25) is 0 Å². The molecule has 22 atom stereocenters. The molecule has 0 saturated heterocycles. The average molecular weight is 823 g/mol. The van der Waals surface area contributed by atoms with Crippen molar-refractivity contribution in [2.75, 3.05) is 0 Å². The smallest absolute Gasteiger partial charge is 0.306 e. The van der Waals surface area contributed by atoms with Crippen LogP contribution in [0.2, 0.25) is 0 Å². The SMILES string of the molecule is CC[C@H]1C(O)[C@H]2[C@@H]3CC[C@H]([C@H](C)CCC(=O)OC4CC[C@@]5(C)C(C4)[C@@H](CC)[C@@H](O)[C@H]4[C@@H]6CC[C@H]([C@H](C)CCC(=O)O)[C@@]6(C)CC[C@@H]45)[C@@]3(C)CC[C@@H]2[C@@]2(C)CCC(O)CC12. The summed E-state index contributed by atoms with van der Waals surface area (Å²) in [5.41, 5.74) is 0.715. The Bertz CT molecular complexity index is 1530. The topological polar surface area (TPSA) is 124 Å². The van der Waals surface area contributed by atoms with E-state index < -0.39 is 5.97 Å². The molecule has 59 heavy (non-hydrogen) atoms. The van der Waals surface area contributed by atoms with Crippen LogP contribution in [0.1, 0.15) is 184 Å². The first-order valence-electron chi connectivity index (χ1n) is 25.4. The van der Waals surface area contributed by atoms with Crippen LogP contribution in [0.3, 0.4) is 0 Å². The normalized spacial score (nSPS) is 52.5. The van der Waals surface area contributed by atoms with Crippen molar-refractivity contribution in [3.05, 3.63) is 0 Å². The monoisotopic (exact) mass is 823 g/mol. The van der Waals surface area contributed by atoms with Gasteiger partial charge in [-0.25, -0.2) is 0 Å². The molecule has 0 aromatic carbocycles. The number of carbonyl (C=O) groups excluding carboxylic acids is 1. The van der Waals surface area contributed by atoms with Gasteiger partial charge in [0, 0.05) is 12.8 Å². The van der Waals surface area contributed by atoms with Crippen molar-refractivity contribution in [1.82, 2.24) is 0 Å². The van der Waals surface area contributed by atoms with Crippen molar-refractivity contribution in [2.45, 2.75) is 208 Å². The van der Waals surface area contributed by atoms with E-state index in [0.717, 1.165) is 83.5 Å². The first-order chi connectivity index (χ1) is 27.9. The second-order valence-electron chi connectivity index (χ2n) is 24.1. The number of carboxylic acids is 1. The maximum atomic E-state index is 13.7. The average Bonchev–Trinajstić information content (AvgIpc) is 3.74. The molecule has 4 N–H and O–H groups in total. The lowest BCUT2D eigenvalue weighted by Gasteiger charge is -2.65. The fourth-order valence-electron chi connectivity index (χ4n) is 19.3. The Hall–Kier alpha value is -1.18. The van der Waals surface area contributed by atoms with Crippen LogP contribution >= 0.6 is 0 Å². The summed E-state index contributed by atoms with van der Waals surface area (Å²) in [6.45, 7) is 19.3. The second kappa shape index (κ2) is 16.4. The Morgan fingerprint density at radius 2 is 1.02 bits per heavy atom.